The minimum absolute atomic E-state index is 0.201. The first-order valence-corrected chi connectivity index (χ1v) is 6.15. The van der Waals surface area contributed by atoms with Gasteiger partial charge >= 0.3 is 0 Å². The Bertz CT molecular complexity index is 375. The zero-order chi connectivity index (χ0) is 11.8. The Morgan fingerprint density at radius 1 is 1.69 bits per heavy atom. The van der Waals surface area contributed by atoms with Crippen molar-refractivity contribution < 1.29 is 5.11 Å². The first kappa shape index (κ1) is 11.9. The van der Waals surface area contributed by atoms with Gasteiger partial charge in [-0.05, 0) is 25.2 Å². The Labute approximate surface area is 100 Å². The summed E-state index contributed by atoms with van der Waals surface area (Å²) in [7, 11) is 0. The second-order valence-electron chi connectivity index (χ2n) is 4.47. The van der Waals surface area contributed by atoms with Crippen molar-refractivity contribution in [1.82, 2.24) is 9.78 Å². The molecule has 0 amide bonds. The van der Waals surface area contributed by atoms with E-state index in [1.807, 2.05) is 0 Å². The molecule has 0 bridgehead atoms. The Kier molecular flexibility index (Phi) is 3.24. The molecular formula is C11H18ClN3O. The van der Waals surface area contributed by atoms with Gasteiger partial charge in [-0.25, -0.2) is 0 Å². The summed E-state index contributed by atoms with van der Waals surface area (Å²) in [4.78, 5) is 0. The molecule has 16 heavy (non-hydrogen) atoms. The van der Waals surface area contributed by atoms with Crippen LogP contribution in [0.1, 0.15) is 31.9 Å². The van der Waals surface area contributed by atoms with Gasteiger partial charge in [-0.2, -0.15) is 5.10 Å². The van der Waals surface area contributed by atoms with E-state index in [9.17, 15) is 5.11 Å². The summed E-state index contributed by atoms with van der Waals surface area (Å²) in [6, 6.07) is 0. The van der Waals surface area contributed by atoms with Crippen LogP contribution >= 0.6 is 11.6 Å². The van der Waals surface area contributed by atoms with E-state index in [-0.39, 0.29) is 12.5 Å². The number of nitrogens with two attached hydrogens (primary N) is 1. The molecule has 4 nitrogen and oxygen atoms in total. The minimum Gasteiger partial charge on any atom is -0.382 e. The summed E-state index contributed by atoms with van der Waals surface area (Å²) in [5, 5.41) is 15.4. The highest BCUT2D eigenvalue weighted by molar-refractivity contribution is 6.31. The van der Waals surface area contributed by atoms with Gasteiger partial charge in [-0.15, -0.1) is 0 Å². The van der Waals surface area contributed by atoms with Crippen molar-refractivity contribution in [1.29, 1.82) is 0 Å². The van der Waals surface area contributed by atoms with E-state index in [2.05, 4.69) is 12.0 Å². The van der Waals surface area contributed by atoms with Crippen molar-refractivity contribution in [2.24, 2.45) is 11.7 Å². The van der Waals surface area contributed by atoms with E-state index in [0.717, 1.165) is 25.8 Å². The van der Waals surface area contributed by atoms with E-state index in [1.54, 1.807) is 10.9 Å². The molecule has 90 valence electrons. The molecule has 1 aliphatic carbocycles. The van der Waals surface area contributed by atoms with E-state index in [1.165, 1.54) is 0 Å². The van der Waals surface area contributed by atoms with E-state index in [0.29, 0.717) is 10.7 Å². The molecule has 1 aromatic rings. The van der Waals surface area contributed by atoms with Gasteiger partial charge < -0.3 is 10.8 Å². The number of nitrogens with zero attached hydrogens (tertiary/aromatic N) is 2. The maximum Gasteiger partial charge on any atom is 0.123 e. The molecule has 2 rings (SSSR count). The van der Waals surface area contributed by atoms with Gasteiger partial charge in [0.2, 0.25) is 0 Å². The normalized spacial score (nSPS) is 19.8. The predicted octanol–water partition coefficient (Wildman–Crippen LogP) is 1.50. The molecule has 3 N–H and O–H groups in total. The number of halogens is 1. The molecule has 1 aliphatic rings. The van der Waals surface area contributed by atoms with Crippen LogP contribution in [0.3, 0.4) is 0 Å². The standard InChI is InChI=1S/C11H18ClN3O/c1-2-5-15-10(9(12)6-14-15)11(16,7-13)8-3-4-8/h6,8,16H,2-5,7,13H2,1H3. The Morgan fingerprint density at radius 2 is 2.38 bits per heavy atom. The lowest BCUT2D eigenvalue weighted by Crippen LogP contribution is -2.39. The van der Waals surface area contributed by atoms with Gasteiger partial charge in [0.1, 0.15) is 5.60 Å². The molecular weight excluding hydrogens is 226 g/mol. The lowest BCUT2D eigenvalue weighted by molar-refractivity contribution is 0.0133. The molecule has 1 unspecified atom stereocenters. The first-order valence-electron chi connectivity index (χ1n) is 5.77. The molecule has 1 aromatic heterocycles. The van der Waals surface area contributed by atoms with E-state index in [4.69, 9.17) is 17.3 Å². The maximum absolute atomic E-state index is 10.6. The summed E-state index contributed by atoms with van der Waals surface area (Å²) in [5.74, 6) is 0.238. The van der Waals surface area contributed by atoms with Gasteiger partial charge in [-0.1, -0.05) is 18.5 Å². The van der Waals surface area contributed by atoms with Crippen molar-refractivity contribution in [2.75, 3.05) is 6.54 Å². The molecule has 0 aromatic carbocycles. The second kappa shape index (κ2) is 4.35. The number of aliphatic hydroxyl groups is 1. The topological polar surface area (TPSA) is 64.1 Å². The monoisotopic (exact) mass is 243 g/mol. The molecule has 1 heterocycles. The molecule has 0 aliphatic heterocycles. The summed E-state index contributed by atoms with van der Waals surface area (Å²) in [5.41, 5.74) is 5.42. The zero-order valence-electron chi connectivity index (χ0n) is 9.49. The number of aromatic nitrogens is 2. The van der Waals surface area contributed by atoms with Crippen LogP contribution < -0.4 is 5.73 Å². The SMILES string of the molecule is CCCn1ncc(Cl)c1C(O)(CN)C1CC1. The third-order valence-corrected chi connectivity index (χ3v) is 3.48. The third kappa shape index (κ3) is 1.85. The van der Waals surface area contributed by atoms with Crippen molar-refractivity contribution in [3.05, 3.63) is 16.9 Å². The van der Waals surface area contributed by atoms with Crippen LogP contribution in [0.4, 0.5) is 0 Å². The van der Waals surface area contributed by atoms with Crippen LogP contribution in [0.15, 0.2) is 6.20 Å². The fourth-order valence-electron chi connectivity index (χ4n) is 2.19. The van der Waals surface area contributed by atoms with Crippen molar-refractivity contribution in [3.8, 4) is 0 Å². The lowest BCUT2D eigenvalue weighted by Gasteiger charge is -2.27. The molecule has 1 saturated carbocycles. The van der Waals surface area contributed by atoms with Gasteiger partial charge in [-0.3, -0.25) is 4.68 Å². The fourth-order valence-corrected chi connectivity index (χ4v) is 2.50. The lowest BCUT2D eigenvalue weighted by atomic mass is 9.93. The Balaban J connectivity index is 2.39. The largest absolute Gasteiger partial charge is 0.382 e. The molecule has 5 heteroatoms. The van der Waals surface area contributed by atoms with Gasteiger partial charge in [0.05, 0.1) is 16.9 Å². The smallest absolute Gasteiger partial charge is 0.123 e. The summed E-state index contributed by atoms with van der Waals surface area (Å²) in [6.45, 7) is 3.03. The third-order valence-electron chi connectivity index (χ3n) is 3.20. The van der Waals surface area contributed by atoms with Crippen molar-refractivity contribution >= 4 is 11.6 Å². The van der Waals surface area contributed by atoms with Gasteiger partial charge in [0.25, 0.3) is 0 Å². The van der Waals surface area contributed by atoms with Crippen LogP contribution in [-0.4, -0.2) is 21.4 Å². The van der Waals surface area contributed by atoms with Crippen molar-refractivity contribution in [2.45, 2.75) is 38.3 Å². The number of aryl methyl sites for hydroxylation is 1. The van der Waals surface area contributed by atoms with Crippen LogP contribution in [0.25, 0.3) is 0 Å². The molecule has 1 atom stereocenters. The number of rotatable bonds is 5. The maximum atomic E-state index is 10.6. The highest BCUT2D eigenvalue weighted by Crippen LogP contribution is 2.46. The summed E-state index contributed by atoms with van der Waals surface area (Å²) < 4.78 is 1.79. The van der Waals surface area contributed by atoms with E-state index >= 15 is 0 Å². The number of hydrogen-bond donors (Lipinski definition) is 2. The molecule has 0 saturated heterocycles. The van der Waals surface area contributed by atoms with Crippen LogP contribution in [0.5, 0.6) is 0 Å². The molecule has 0 radical (unpaired) electrons. The minimum atomic E-state index is -0.997. The summed E-state index contributed by atoms with van der Waals surface area (Å²) >= 11 is 6.12. The second-order valence-corrected chi connectivity index (χ2v) is 4.87. The molecule has 1 fully saturated rings. The van der Waals surface area contributed by atoms with Gasteiger partial charge in [0.15, 0.2) is 0 Å². The number of hydrogen-bond acceptors (Lipinski definition) is 3. The highest BCUT2D eigenvalue weighted by atomic mass is 35.5. The molecule has 0 spiro atoms. The zero-order valence-corrected chi connectivity index (χ0v) is 10.2. The predicted molar refractivity (Wildman–Crippen MR) is 63.2 cm³/mol. The fraction of sp³-hybridized carbons (Fsp3) is 0.727. The van der Waals surface area contributed by atoms with Crippen molar-refractivity contribution in [3.63, 3.8) is 0 Å². The quantitative estimate of drug-likeness (QED) is 0.824. The Hall–Kier alpha value is -0.580. The first-order chi connectivity index (χ1) is 7.63. The average molecular weight is 244 g/mol. The average Bonchev–Trinajstić information content (AvgIpc) is 3.05. The summed E-state index contributed by atoms with van der Waals surface area (Å²) in [6.07, 6.45) is 4.58. The van der Waals surface area contributed by atoms with Crippen LogP contribution in [0, 0.1) is 5.92 Å². The van der Waals surface area contributed by atoms with Crippen LogP contribution in [0.2, 0.25) is 5.02 Å². The van der Waals surface area contributed by atoms with E-state index < -0.39 is 5.60 Å². The van der Waals surface area contributed by atoms with Crippen LogP contribution in [-0.2, 0) is 12.1 Å². The highest BCUT2D eigenvalue weighted by Gasteiger charge is 2.47. The van der Waals surface area contributed by atoms with Gasteiger partial charge in [0, 0.05) is 13.1 Å². The Morgan fingerprint density at radius 3 is 2.88 bits per heavy atom.